The molecule has 156 valence electrons. The number of hydrogen-bond donors (Lipinski definition) is 1. The van der Waals surface area contributed by atoms with Crippen LogP contribution in [0.2, 0.25) is 0 Å². The number of nitrogens with zero attached hydrogens (tertiary/aromatic N) is 2. The highest BCUT2D eigenvalue weighted by molar-refractivity contribution is 7.91. The molecule has 0 spiro atoms. The zero-order valence-corrected chi connectivity index (χ0v) is 17.2. The topological polar surface area (TPSA) is 107 Å². The van der Waals surface area contributed by atoms with E-state index in [2.05, 4.69) is 5.32 Å². The van der Waals surface area contributed by atoms with E-state index in [0.29, 0.717) is 31.4 Å². The molecule has 8 nitrogen and oxygen atoms in total. The number of fused-ring (bicyclic) bond motifs is 1. The van der Waals surface area contributed by atoms with E-state index in [1.807, 2.05) is 6.92 Å². The molecule has 0 saturated carbocycles. The van der Waals surface area contributed by atoms with Crippen LogP contribution >= 0.6 is 0 Å². The Balaban J connectivity index is 2.04. The summed E-state index contributed by atoms with van der Waals surface area (Å²) in [5, 5.41) is 2.57. The van der Waals surface area contributed by atoms with Crippen LogP contribution in [0.5, 0.6) is 0 Å². The first-order valence-corrected chi connectivity index (χ1v) is 11.4. The van der Waals surface area contributed by atoms with Crippen LogP contribution in [0.4, 0.5) is 0 Å². The number of rotatable bonds is 7. The number of amides is 1. The fourth-order valence-corrected chi connectivity index (χ4v) is 5.26. The zero-order chi connectivity index (χ0) is 21.0. The molecule has 0 atom stereocenters. The maximum absolute atomic E-state index is 13.2. The number of hydrogen-bond acceptors (Lipinski definition) is 5. The van der Waals surface area contributed by atoms with Crippen molar-refractivity contribution < 1.29 is 13.2 Å². The van der Waals surface area contributed by atoms with Crippen LogP contribution in [0.1, 0.15) is 32.6 Å². The summed E-state index contributed by atoms with van der Waals surface area (Å²) < 4.78 is 27.7. The van der Waals surface area contributed by atoms with Gasteiger partial charge in [-0.05, 0) is 24.8 Å². The third kappa shape index (κ3) is 4.34. The van der Waals surface area contributed by atoms with Crippen molar-refractivity contribution >= 4 is 15.7 Å². The van der Waals surface area contributed by atoms with Gasteiger partial charge in [-0.3, -0.25) is 18.7 Å². The molecule has 1 amide bonds. The summed E-state index contributed by atoms with van der Waals surface area (Å²) in [4.78, 5) is 37.7. The average molecular weight is 420 g/mol. The molecule has 3 rings (SSSR count). The summed E-state index contributed by atoms with van der Waals surface area (Å²) in [5.41, 5.74) is -0.720. The van der Waals surface area contributed by atoms with E-state index in [1.54, 1.807) is 30.3 Å². The molecule has 1 aliphatic heterocycles. The van der Waals surface area contributed by atoms with E-state index < -0.39 is 21.1 Å². The zero-order valence-electron chi connectivity index (χ0n) is 16.4. The van der Waals surface area contributed by atoms with Gasteiger partial charge in [-0.15, -0.1) is 0 Å². The highest BCUT2D eigenvalue weighted by Gasteiger charge is 2.32. The van der Waals surface area contributed by atoms with E-state index in [1.165, 1.54) is 4.57 Å². The summed E-state index contributed by atoms with van der Waals surface area (Å²) in [7, 11) is -3.73. The Morgan fingerprint density at radius 1 is 1.17 bits per heavy atom. The second-order valence-corrected chi connectivity index (χ2v) is 9.09. The third-order valence-corrected chi connectivity index (χ3v) is 6.73. The maximum atomic E-state index is 13.2. The molecule has 0 unspecified atom stereocenters. The van der Waals surface area contributed by atoms with Crippen LogP contribution in [0, 0.1) is 0 Å². The normalized spacial score (nSPS) is 14.9. The number of carbonyl (C=O) groups excluding carboxylic acids is 1. The van der Waals surface area contributed by atoms with Gasteiger partial charge in [0.25, 0.3) is 5.56 Å². The molecular weight excluding hydrogens is 394 g/mol. The molecule has 9 heteroatoms. The number of benzene rings is 1. The smallest absolute Gasteiger partial charge is 0.332 e. The van der Waals surface area contributed by atoms with Crippen molar-refractivity contribution in [3.8, 4) is 11.1 Å². The number of aromatic nitrogens is 2. The van der Waals surface area contributed by atoms with Crippen LogP contribution in [-0.4, -0.2) is 35.8 Å². The molecule has 1 aliphatic rings. The van der Waals surface area contributed by atoms with Crippen molar-refractivity contribution in [2.45, 2.75) is 50.7 Å². The lowest BCUT2D eigenvalue weighted by Crippen LogP contribution is -2.45. The van der Waals surface area contributed by atoms with E-state index in [9.17, 15) is 22.8 Å². The predicted molar refractivity (Wildman–Crippen MR) is 110 cm³/mol. The first kappa shape index (κ1) is 21.0. The molecule has 1 N–H and O–H groups in total. The van der Waals surface area contributed by atoms with E-state index in [0.717, 1.165) is 11.0 Å². The molecule has 0 radical (unpaired) electrons. The minimum absolute atomic E-state index is 0.0416. The van der Waals surface area contributed by atoms with Crippen LogP contribution in [0.3, 0.4) is 0 Å². The molecule has 1 aromatic heterocycles. The van der Waals surface area contributed by atoms with Crippen molar-refractivity contribution in [2.24, 2.45) is 0 Å². The number of nitrogens with one attached hydrogen (secondary N) is 1. The lowest BCUT2D eigenvalue weighted by atomic mass is 10.1. The van der Waals surface area contributed by atoms with Gasteiger partial charge in [0, 0.05) is 26.1 Å². The van der Waals surface area contributed by atoms with Crippen LogP contribution in [0.25, 0.3) is 11.1 Å². The Kier molecular flexibility index (Phi) is 6.36. The molecule has 0 aliphatic carbocycles. The minimum Gasteiger partial charge on any atom is -0.356 e. The molecular formula is C20H25N3O5S. The van der Waals surface area contributed by atoms with Gasteiger partial charge < -0.3 is 5.32 Å². The minimum atomic E-state index is -3.73. The van der Waals surface area contributed by atoms with Gasteiger partial charge in [0.2, 0.25) is 5.91 Å². The summed E-state index contributed by atoms with van der Waals surface area (Å²) in [5.74, 6) is -0.155. The molecule has 2 heterocycles. The second-order valence-electron chi connectivity index (χ2n) is 7.06. The molecule has 0 saturated heterocycles. The van der Waals surface area contributed by atoms with Crippen LogP contribution in [0.15, 0.2) is 44.9 Å². The Labute approximate surface area is 169 Å². The maximum Gasteiger partial charge on any atom is 0.332 e. The van der Waals surface area contributed by atoms with Gasteiger partial charge in [0.05, 0.1) is 11.3 Å². The third-order valence-electron chi connectivity index (χ3n) is 4.89. The summed E-state index contributed by atoms with van der Waals surface area (Å²) in [6.07, 6.45) is 1.89. The molecule has 0 fully saturated rings. The molecule has 1 aromatic carbocycles. The quantitative estimate of drug-likeness (QED) is 0.535. The lowest BCUT2D eigenvalue weighted by Gasteiger charge is -2.23. The van der Waals surface area contributed by atoms with Crippen molar-refractivity contribution in [1.82, 2.24) is 14.5 Å². The Bertz CT molecular complexity index is 1120. The van der Waals surface area contributed by atoms with E-state index >= 15 is 0 Å². The Morgan fingerprint density at radius 3 is 2.59 bits per heavy atom. The van der Waals surface area contributed by atoms with E-state index in [-0.39, 0.29) is 35.3 Å². The van der Waals surface area contributed by atoms with Gasteiger partial charge in [-0.2, -0.15) is 0 Å². The Hall–Kier alpha value is -2.68. The lowest BCUT2D eigenvalue weighted by molar-refractivity contribution is -0.121. The van der Waals surface area contributed by atoms with E-state index in [4.69, 9.17) is 0 Å². The molecule has 2 aromatic rings. The monoisotopic (exact) mass is 419 g/mol. The van der Waals surface area contributed by atoms with Crippen LogP contribution < -0.4 is 16.6 Å². The number of carbonyl (C=O) groups is 1. The summed E-state index contributed by atoms with van der Waals surface area (Å²) in [6, 6.07) is 8.56. The largest absolute Gasteiger partial charge is 0.356 e. The summed E-state index contributed by atoms with van der Waals surface area (Å²) in [6.45, 7) is 2.60. The Morgan fingerprint density at radius 2 is 1.90 bits per heavy atom. The van der Waals surface area contributed by atoms with Crippen molar-refractivity contribution in [3.63, 3.8) is 0 Å². The van der Waals surface area contributed by atoms with Crippen molar-refractivity contribution in [1.29, 1.82) is 0 Å². The summed E-state index contributed by atoms with van der Waals surface area (Å²) >= 11 is 0. The second kappa shape index (κ2) is 8.77. The highest BCUT2D eigenvalue weighted by atomic mass is 32.2. The number of sulfone groups is 1. The van der Waals surface area contributed by atoms with Crippen LogP contribution in [-0.2, 0) is 27.7 Å². The first-order chi connectivity index (χ1) is 13.9. The van der Waals surface area contributed by atoms with Gasteiger partial charge in [-0.1, -0.05) is 37.3 Å². The van der Waals surface area contributed by atoms with Crippen molar-refractivity contribution in [3.05, 3.63) is 51.2 Å². The fourth-order valence-electron chi connectivity index (χ4n) is 3.54. The van der Waals surface area contributed by atoms with Gasteiger partial charge in [0.15, 0.2) is 14.9 Å². The van der Waals surface area contributed by atoms with Gasteiger partial charge in [0.1, 0.15) is 0 Å². The average Bonchev–Trinajstić information content (AvgIpc) is 2.69. The van der Waals surface area contributed by atoms with Gasteiger partial charge in [-0.25, -0.2) is 13.2 Å². The standard InChI is InChI=1S/C20H25N3O5S/c1-2-8-16(24)21-11-6-12-22-18(25)17(15-9-4-3-5-10-15)19-23(20(22)26)13-7-14-29(19,27)28/h3-5,9-10H,2,6-8,11-14H2,1H3,(H,21,24). The molecule has 29 heavy (non-hydrogen) atoms. The predicted octanol–water partition coefficient (Wildman–Crippen LogP) is 1.16. The SMILES string of the molecule is CCCC(=O)NCCCn1c(=O)c(-c2ccccc2)c2n(c1=O)CCCS2(=O)=O. The fraction of sp³-hybridized carbons (Fsp3) is 0.450. The van der Waals surface area contributed by atoms with Crippen molar-refractivity contribution in [2.75, 3.05) is 12.3 Å². The molecule has 0 bridgehead atoms. The van der Waals surface area contributed by atoms with Gasteiger partial charge >= 0.3 is 5.69 Å². The first-order valence-electron chi connectivity index (χ1n) is 9.79. The highest BCUT2D eigenvalue weighted by Crippen LogP contribution is 2.27.